The zero-order chi connectivity index (χ0) is 17.8. The Bertz CT molecular complexity index is 934. The molecule has 3 rings (SSSR count). The first-order chi connectivity index (χ1) is 12.0. The number of carbonyl (C=O) groups is 1. The highest BCUT2D eigenvalue weighted by atomic mass is 16.2. The second-order valence-corrected chi connectivity index (χ2v) is 5.86. The molecule has 6 heteroatoms. The number of nitrogens with zero attached hydrogens (tertiary/aromatic N) is 2. The number of amides is 1. The predicted octanol–water partition coefficient (Wildman–Crippen LogP) is 2.63. The molecule has 1 amide bonds. The van der Waals surface area contributed by atoms with Gasteiger partial charge in [-0.05, 0) is 31.0 Å². The monoisotopic (exact) mass is 334 g/mol. The number of nitrogens with one attached hydrogen (secondary N) is 2. The van der Waals surface area contributed by atoms with Crippen LogP contribution in [0.25, 0.3) is 11.1 Å². The number of hydrogen-bond acceptors (Lipinski definition) is 4. The highest BCUT2D eigenvalue weighted by Gasteiger charge is 2.12. The average Bonchev–Trinajstić information content (AvgIpc) is 2.61. The minimum absolute atomic E-state index is 0.187. The summed E-state index contributed by atoms with van der Waals surface area (Å²) in [5, 5.41) is 2.91. The van der Waals surface area contributed by atoms with Gasteiger partial charge < -0.3 is 10.3 Å². The van der Waals surface area contributed by atoms with Gasteiger partial charge in [0.05, 0.1) is 6.04 Å². The lowest BCUT2D eigenvalue weighted by Gasteiger charge is -2.15. The first-order valence-corrected chi connectivity index (χ1v) is 7.90. The summed E-state index contributed by atoms with van der Waals surface area (Å²) >= 11 is 0. The van der Waals surface area contributed by atoms with E-state index < -0.39 is 0 Å². The Morgan fingerprint density at radius 3 is 2.40 bits per heavy atom. The summed E-state index contributed by atoms with van der Waals surface area (Å²) in [6.07, 6.45) is 5.00. The molecular weight excluding hydrogens is 316 g/mol. The maximum absolute atomic E-state index is 12.3. The van der Waals surface area contributed by atoms with Crippen molar-refractivity contribution >= 4 is 5.91 Å². The summed E-state index contributed by atoms with van der Waals surface area (Å²) in [5.74, 6) is -0.276. The van der Waals surface area contributed by atoms with Gasteiger partial charge in [0.2, 0.25) is 5.56 Å². The molecule has 1 aromatic carbocycles. The molecule has 1 atom stereocenters. The number of H-pyrrole nitrogens is 1. The largest absolute Gasteiger partial charge is 0.346 e. The van der Waals surface area contributed by atoms with Gasteiger partial charge >= 0.3 is 0 Å². The lowest BCUT2D eigenvalue weighted by atomic mass is 10.0. The van der Waals surface area contributed by atoms with Crippen LogP contribution in [-0.4, -0.2) is 20.9 Å². The van der Waals surface area contributed by atoms with E-state index in [4.69, 9.17) is 0 Å². The van der Waals surface area contributed by atoms with E-state index in [-0.39, 0.29) is 17.5 Å². The molecule has 0 aliphatic carbocycles. The molecule has 25 heavy (non-hydrogen) atoms. The molecule has 0 fully saturated rings. The van der Waals surface area contributed by atoms with Gasteiger partial charge in [-0.3, -0.25) is 9.59 Å². The fraction of sp³-hybridized carbons (Fsp3) is 0.158. The van der Waals surface area contributed by atoms with E-state index in [2.05, 4.69) is 20.3 Å². The van der Waals surface area contributed by atoms with Crippen molar-refractivity contribution in [3.8, 4) is 11.1 Å². The third-order valence-electron chi connectivity index (χ3n) is 3.89. The van der Waals surface area contributed by atoms with E-state index in [9.17, 15) is 9.59 Å². The zero-order valence-corrected chi connectivity index (χ0v) is 14.0. The highest BCUT2D eigenvalue weighted by Crippen LogP contribution is 2.20. The van der Waals surface area contributed by atoms with Crippen molar-refractivity contribution in [2.75, 3.05) is 0 Å². The molecule has 2 heterocycles. The molecule has 0 spiro atoms. The van der Waals surface area contributed by atoms with Gasteiger partial charge in [0.25, 0.3) is 5.91 Å². The van der Waals surface area contributed by atoms with Crippen molar-refractivity contribution in [2.45, 2.75) is 19.9 Å². The molecule has 0 bridgehead atoms. The minimum Gasteiger partial charge on any atom is -0.346 e. The number of carbonyl (C=O) groups excluding carboxylic acids is 1. The summed E-state index contributed by atoms with van der Waals surface area (Å²) in [6, 6.07) is 10.6. The molecule has 1 unspecified atom stereocenters. The molecule has 3 aromatic rings. The maximum atomic E-state index is 12.3. The lowest BCUT2D eigenvalue weighted by Crippen LogP contribution is -2.27. The Morgan fingerprint density at radius 1 is 1.08 bits per heavy atom. The van der Waals surface area contributed by atoms with Gasteiger partial charge in [0.1, 0.15) is 6.33 Å². The number of aromatic nitrogens is 3. The van der Waals surface area contributed by atoms with Gasteiger partial charge in [0, 0.05) is 35.3 Å². The van der Waals surface area contributed by atoms with Gasteiger partial charge in [-0.15, -0.1) is 0 Å². The SMILES string of the molecule is Cc1cc(C(=O)NC(C)c2ccc(-c3cncnc3)cc2)cc(=O)[nH]1. The topological polar surface area (TPSA) is 87.7 Å². The van der Waals surface area contributed by atoms with Crippen molar-refractivity contribution in [1.29, 1.82) is 0 Å². The Kier molecular flexibility index (Phi) is 4.70. The van der Waals surface area contributed by atoms with Gasteiger partial charge in [0.15, 0.2) is 0 Å². The number of aromatic amines is 1. The molecule has 6 nitrogen and oxygen atoms in total. The summed E-state index contributed by atoms with van der Waals surface area (Å²) < 4.78 is 0. The van der Waals surface area contributed by atoms with Crippen LogP contribution in [0.1, 0.15) is 34.6 Å². The Balaban J connectivity index is 1.73. The Hall–Kier alpha value is -3.28. The molecule has 0 aliphatic heterocycles. The van der Waals surface area contributed by atoms with Crippen molar-refractivity contribution in [3.63, 3.8) is 0 Å². The molecule has 0 radical (unpaired) electrons. The first kappa shape index (κ1) is 16.6. The summed E-state index contributed by atoms with van der Waals surface area (Å²) in [7, 11) is 0. The smallest absolute Gasteiger partial charge is 0.252 e. The average molecular weight is 334 g/mol. The third kappa shape index (κ3) is 3.98. The molecule has 0 saturated heterocycles. The number of rotatable bonds is 4. The second kappa shape index (κ2) is 7.09. The number of pyridine rings is 1. The quantitative estimate of drug-likeness (QED) is 0.768. The first-order valence-electron chi connectivity index (χ1n) is 7.90. The molecule has 0 aliphatic rings. The maximum Gasteiger partial charge on any atom is 0.252 e. The van der Waals surface area contributed by atoms with Crippen LogP contribution in [0.5, 0.6) is 0 Å². The predicted molar refractivity (Wildman–Crippen MR) is 95.1 cm³/mol. The van der Waals surface area contributed by atoms with Gasteiger partial charge in [-0.1, -0.05) is 24.3 Å². The summed E-state index contributed by atoms with van der Waals surface area (Å²) in [4.78, 5) is 34.5. The van der Waals surface area contributed by atoms with Crippen LogP contribution in [-0.2, 0) is 0 Å². The van der Waals surface area contributed by atoms with Crippen LogP contribution in [0.4, 0.5) is 0 Å². The molecule has 126 valence electrons. The fourth-order valence-corrected chi connectivity index (χ4v) is 2.59. The number of hydrogen-bond donors (Lipinski definition) is 2. The Morgan fingerprint density at radius 2 is 1.76 bits per heavy atom. The molecule has 0 saturated carbocycles. The highest BCUT2D eigenvalue weighted by molar-refractivity contribution is 5.94. The van der Waals surface area contributed by atoms with E-state index in [0.29, 0.717) is 11.3 Å². The van der Waals surface area contributed by atoms with E-state index in [1.54, 1.807) is 25.4 Å². The van der Waals surface area contributed by atoms with Crippen LogP contribution in [0, 0.1) is 6.92 Å². The zero-order valence-electron chi connectivity index (χ0n) is 14.0. The lowest BCUT2D eigenvalue weighted by molar-refractivity contribution is 0.0939. The summed E-state index contributed by atoms with van der Waals surface area (Å²) in [6.45, 7) is 3.65. The van der Waals surface area contributed by atoms with Crippen molar-refractivity contribution in [3.05, 3.63) is 82.3 Å². The van der Waals surface area contributed by atoms with Gasteiger partial charge in [-0.2, -0.15) is 0 Å². The van der Waals surface area contributed by atoms with Crippen LogP contribution >= 0.6 is 0 Å². The minimum atomic E-state index is -0.285. The molecular formula is C19H18N4O2. The van der Waals surface area contributed by atoms with Crippen LogP contribution < -0.4 is 10.9 Å². The fourth-order valence-electron chi connectivity index (χ4n) is 2.59. The standard InChI is InChI=1S/C19H18N4O2/c1-12-7-16(8-18(24)22-12)19(25)23-13(2)14-3-5-15(6-4-14)17-9-20-11-21-10-17/h3-11,13H,1-2H3,(H,22,24)(H,23,25). The van der Waals surface area contributed by atoms with E-state index in [0.717, 1.165) is 16.7 Å². The van der Waals surface area contributed by atoms with Crippen molar-refractivity contribution in [1.82, 2.24) is 20.3 Å². The van der Waals surface area contributed by atoms with Crippen molar-refractivity contribution < 1.29 is 4.79 Å². The second-order valence-electron chi connectivity index (χ2n) is 5.86. The summed E-state index contributed by atoms with van der Waals surface area (Å²) in [5.41, 5.74) is 3.63. The van der Waals surface area contributed by atoms with E-state index >= 15 is 0 Å². The third-order valence-corrected chi connectivity index (χ3v) is 3.89. The van der Waals surface area contributed by atoms with Crippen LogP contribution in [0.15, 0.2) is 59.9 Å². The Labute approximate surface area is 145 Å². The molecule has 2 N–H and O–H groups in total. The molecule has 2 aromatic heterocycles. The van der Waals surface area contributed by atoms with Crippen molar-refractivity contribution in [2.24, 2.45) is 0 Å². The van der Waals surface area contributed by atoms with Gasteiger partial charge in [-0.25, -0.2) is 9.97 Å². The number of aryl methyl sites for hydroxylation is 1. The van der Waals surface area contributed by atoms with Crippen LogP contribution in [0.3, 0.4) is 0 Å². The van der Waals surface area contributed by atoms with Crippen LogP contribution in [0.2, 0.25) is 0 Å². The van der Waals surface area contributed by atoms with E-state index in [1.165, 1.54) is 12.4 Å². The number of benzene rings is 1. The normalized spacial score (nSPS) is 11.8. The van der Waals surface area contributed by atoms with E-state index in [1.807, 2.05) is 31.2 Å².